The Morgan fingerprint density at radius 2 is 1.47 bits per heavy atom. The third kappa shape index (κ3) is 4.44. The SMILES string of the molecule is O=C(C1CCCN(c2ccc(-c3ccccc3)nn2)C1)N1CCN(c2ccccc2)CC1. The Hall–Kier alpha value is -3.41. The van der Waals surface area contributed by atoms with Crippen molar-refractivity contribution in [3.05, 3.63) is 72.8 Å². The number of hydrogen-bond acceptors (Lipinski definition) is 5. The number of piperidine rings is 1. The van der Waals surface area contributed by atoms with Gasteiger partial charge in [-0.25, -0.2) is 0 Å². The van der Waals surface area contributed by atoms with Gasteiger partial charge in [-0.15, -0.1) is 10.2 Å². The minimum absolute atomic E-state index is 0.0302. The first-order valence-electron chi connectivity index (χ1n) is 11.5. The predicted molar refractivity (Wildman–Crippen MR) is 128 cm³/mol. The zero-order valence-electron chi connectivity index (χ0n) is 18.3. The lowest BCUT2D eigenvalue weighted by molar-refractivity contribution is -0.136. The van der Waals surface area contributed by atoms with E-state index in [1.807, 2.05) is 48.5 Å². The van der Waals surface area contributed by atoms with E-state index in [0.29, 0.717) is 0 Å². The quantitative estimate of drug-likeness (QED) is 0.635. The van der Waals surface area contributed by atoms with E-state index in [4.69, 9.17) is 0 Å². The highest BCUT2D eigenvalue weighted by atomic mass is 16.2. The van der Waals surface area contributed by atoms with E-state index in [9.17, 15) is 4.79 Å². The number of hydrogen-bond donors (Lipinski definition) is 0. The van der Waals surface area contributed by atoms with Crippen LogP contribution in [-0.4, -0.2) is 60.3 Å². The van der Waals surface area contributed by atoms with Gasteiger partial charge >= 0.3 is 0 Å². The van der Waals surface area contributed by atoms with Crippen LogP contribution in [0.5, 0.6) is 0 Å². The first-order valence-corrected chi connectivity index (χ1v) is 11.5. The number of aromatic nitrogens is 2. The molecule has 0 N–H and O–H groups in total. The van der Waals surface area contributed by atoms with E-state index in [1.54, 1.807) is 0 Å². The summed E-state index contributed by atoms with van der Waals surface area (Å²) in [7, 11) is 0. The number of anilines is 2. The molecule has 6 heteroatoms. The van der Waals surface area contributed by atoms with Gasteiger partial charge < -0.3 is 14.7 Å². The van der Waals surface area contributed by atoms with Crippen LogP contribution in [0.3, 0.4) is 0 Å². The molecule has 164 valence electrons. The highest BCUT2D eigenvalue weighted by Gasteiger charge is 2.31. The molecule has 3 aromatic rings. The molecule has 0 saturated carbocycles. The molecule has 0 radical (unpaired) electrons. The standard InChI is InChI=1S/C26H29N5O/c32-26(30-18-16-29(17-19-30)23-11-5-2-6-12-23)22-10-7-15-31(20-22)25-14-13-24(27-28-25)21-8-3-1-4-9-21/h1-6,8-9,11-14,22H,7,10,15-20H2. The van der Waals surface area contributed by atoms with Crippen molar-refractivity contribution >= 4 is 17.4 Å². The Balaban J connectivity index is 1.19. The van der Waals surface area contributed by atoms with Gasteiger partial charge in [0.05, 0.1) is 11.6 Å². The molecule has 6 nitrogen and oxygen atoms in total. The van der Waals surface area contributed by atoms with Crippen molar-refractivity contribution in [2.24, 2.45) is 5.92 Å². The minimum atomic E-state index is 0.0302. The fraction of sp³-hybridized carbons (Fsp3) is 0.346. The highest BCUT2D eigenvalue weighted by Crippen LogP contribution is 2.25. The molecule has 5 rings (SSSR count). The summed E-state index contributed by atoms with van der Waals surface area (Å²) >= 11 is 0. The van der Waals surface area contributed by atoms with Crippen LogP contribution >= 0.6 is 0 Å². The Morgan fingerprint density at radius 3 is 2.16 bits per heavy atom. The molecular weight excluding hydrogens is 398 g/mol. The summed E-state index contributed by atoms with van der Waals surface area (Å²) in [5.74, 6) is 1.18. The first kappa shape index (κ1) is 20.5. The average Bonchev–Trinajstić information content (AvgIpc) is 2.89. The van der Waals surface area contributed by atoms with E-state index in [-0.39, 0.29) is 11.8 Å². The summed E-state index contributed by atoms with van der Waals surface area (Å²) in [6, 6.07) is 24.6. The van der Waals surface area contributed by atoms with Crippen LogP contribution in [0.2, 0.25) is 0 Å². The van der Waals surface area contributed by atoms with E-state index < -0.39 is 0 Å². The van der Waals surface area contributed by atoms with Crippen molar-refractivity contribution in [2.75, 3.05) is 49.1 Å². The van der Waals surface area contributed by atoms with E-state index in [2.05, 4.69) is 49.2 Å². The Kier molecular flexibility index (Phi) is 6.01. The lowest BCUT2D eigenvalue weighted by Gasteiger charge is -2.40. The van der Waals surface area contributed by atoms with Gasteiger partial charge in [0, 0.05) is 50.5 Å². The van der Waals surface area contributed by atoms with E-state index in [1.165, 1.54) is 5.69 Å². The van der Waals surface area contributed by atoms with Gasteiger partial charge in [-0.1, -0.05) is 48.5 Å². The second-order valence-electron chi connectivity index (χ2n) is 8.58. The van der Waals surface area contributed by atoms with Crippen LogP contribution in [0, 0.1) is 5.92 Å². The fourth-order valence-corrected chi connectivity index (χ4v) is 4.73. The van der Waals surface area contributed by atoms with Crippen molar-refractivity contribution in [2.45, 2.75) is 12.8 Å². The Bertz CT molecular complexity index is 1020. The highest BCUT2D eigenvalue weighted by molar-refractivity contribution is 5.80. The summed E-state index contributed by atoms with van der Waals surface area (Å²) in [4.78, 5) is 19.9. The molecule has 32 heavy (non-hydrogen) atoms. The maximum Gasteiger partial charge on any atom is 0.227 e. The van der Waals surface area contributed by atoms with Gasteiger partial charge in [0.15, 0.2) is 5.82 Å². The Labute approximate surface area is 189 Å². The first-order chi connectivity index (χ1) is 15.8. The van der Waals surface area contributed by atoms with E-state index in [0.717, 1.165) is 69.2 Å². The van der Waals surface area contributed by atoms with Crippen molar-refractivity contribution in [1.29, 1.82) is 0 Å². The number of rotatable bonds is 4. The van der Waals surface area contributed by atoms with Crippen molar-refractivity contribution < 1.29 is 4.79 Å². The number of nitrogens with zero attached hydrogens (tertiary/aromatic N) is 5. The number of carbonyl (C=O) groups is 1. The number of amides is 1. The van der Waals surface area contributed by atoms with Crippen molar-refractivity contribution in [1.82, 2.24) is 15.1 Å². The molecule has 1 aromatic heterocycles. The lowest BCUT2D eigenvalue weighted by atomic mass is 9.96. The molecule has 2 fully saturated rings. The third-order valence-electron chi connectivity index (χ3n) is 6.53. The summed E-state index contributed by atoms with van der Waals surface area (Å²) < 4.78 is 0. The molecule has 3 heterocycles. The fourth-order valence-electron chi connectivity index (χ4n) is 4.73. The second kappa shape index (κ2) is 9.39. The molecule has 2 saturated heterocycles. The van der Waals surface area contributed by atoms with Crippen LogP contribution in [-0.2, 0) is 4.79 Å². The zero-order chi connectivity index (χ0) is 21.8. The average molecular weight is 428 g/mol. The smallest absolute Gasteiger partial charge is 0.227 e. The largest absolute Gasteiger partial charge is 0.368 e. The van der Waals surface area contributed by atoms with Crippen LogP contribution in [0.4, 0.5) is 11.5 Å². The maximum absolute atomic E-state index is 13.3. The summed E-state index contributed by atoms with van der Waals surface area (Å²) in [5.41, 5.74) is 3.17. The topological polar surface area (TPSA) is 52.6 Å². The van der Waals surface area contributed by atoms with Crippen molar-refractivity contribution in [3.63, 3.8) is 0 Å². The van der Waals surface area contributed by atoms with Crippen LogP contribution in [0.15, 0.2) is 72.8 Å². The Morgan fingerprint density at radius 1 is 0.750 bits per heavy atom. The zero-order valence-corrected chi connectivity index (χ0v) is 18.3. The molecule has 1 amide bonds. The molecule has 2 aromatic carbocycles. The predicted octanol–water partition coefficient (Wildman–Crippen LogP) is 3.71. The molecular formula is C26H29N5O. The lowest BCUT2D eigenvalue weighted by Crippen LogP contribution is -2.52. The molecule has 0 aliphatic carbocycles. The molecule has 0 spiro atoms. The molecule has 2 aliphatic heterocycles. The van der Waals surface area contributed by atoms with Gasteiger partial charge in [0.2, 0.25) is 5.91 Å². The number of para-hydroxylation sites is 1. The second-order valence-corrected chi connectivity index (χ2v) is 8.58. The summed E-state index contributed by atoms with van der Waals surface area (Å²) in [6.07, 6.45) is 1.95. The molecule has 1 unspecified atom stereocenters. The number of piperazine rings is 1. The van der Waals surface area contributed by atoms with Gasteiger partial charge in [-0.2, -0.15) is 0 Å². The summed E-state index contributed by atoms with van der Waals surface area (Å²) in [6.45, 7) is 4.99. The number of carbonyl (C=O) groups excluding carboxylic acids is 1. The normalized spacial score (nSPS) is 19.1. The monoisotopic (exact) mass is 427 g/mol. The molecule has 1 atom stereocenters. The van der Waals surface area contributed by atoms with Crippen LogP contribution in [0.1, 0.15) is 12.8 Å². The summed E-state index contributed by atoms with van der Waals surface area (Å²) in [5, 5.41) is 8.90. The third-order valence-corrected chi connectivity index (χ3v) is 6.53. The van der Waals surface area contributed by atoms with Gasteiger partial charge in [0.25, 0.3) is 0 Å². The molecule has 0 bridgehead atoms. The van der Waals surface area contributed by atoms with E-state index >= 15 is 0 Å². The van der Waals surface area contributed by atoms with Crippen LogP contribution in [0.25, 0.3) is 11.3 Å². The minimum Gasteiger partial charge on any atom is -0.368 e. The molecule has 2 aliphatic rings. The van der Waals surface area contributed by atoms with Gasteiger partial charge in [-0.3, -0.25) is 4.79 Å². The van der Waals surface area contributed by atoms with Crippen molar-refractivity contribution in [3.8, 4) is 11.3 Å². The number of benzene rings is 2. The maximum atomic E-state index is 13.3. The van der Waals surface area contributed by atoms with Crippen LogP contribution < -0.4 is 9.80 Å². The van der Waals surface area contributed by atoms with Gasteiger partial charge in [-0.05, 0) is 37.1 Å². The van der Waals surface area contributed by atoms with Gasteiger partial charge in [0.1, 0.15) is 0 Å².